The molecule has 10 heteroatoms. The standard InChI is InChI=1S/C21H22F3N5O2/c1-13(2)29-19(30)27-18(26-10-15-5-4-6-17(9-15)21(22,23)24)28(20(29)31)12-16-8-7-14(3)25-11-16/h4-9,11,13H,10,12H2,1-3H3,(H,26,27,30). The topological polar surface area (TPSA) is 81.8 Å². The van der Waals surface area contributed by atoms with E-state index >= 15 is 0 Å². The summed E-state index contributed by atoms with van der Waals surface area (Å²) in [6.07, 6.45) is -2.85. The highest BCUT2D eigenvalue weighted by Gasteiger charge is 2.30. The molecule has 0 spiro atoms. The van der Waals surface area contributed by atoms with Gasteiger partial charge in [-0.3, -0.25) is 9.55 Å². The summed E-state index contributed by atoms with van der Waals surface area (Å²) < 4.78 is 41.2. The van der Waals surface area contributed by atoms with Gasteiger partial charge in [-0.2, -0.15) is 18.2 Å². The largest absolute Gasteiger partial charge is 0.416 e. The van der Waals surface area contributed by atoms with Crippen molar-refractivity contribution in [3.8, 4) is 0 Å². The van der Waals surface area contributed by atoms with Crippen LogP contribution in [-0.2, 0) is 19.3 Å². The van der Waals surface area contributed by atoms with Crippen molar-refractivity contribution in [2.45, 2.75) is 46.1 Å². The fraction of sp³-hybridized carbons (Fsp3) is 0.333. The smallest absolute Gasteiger partial charge is 0.351 e. The monoisotopic (exact) mass is 433 g/mol. The Morgan fingerprint density at radius 2 is 1.84 bits per heavy atom. The number of alkyl halides is 3. The van der Waals surface area contributed by atoms with E-state index in [0.29, 0.717) is 11.1 Å². The molecule has 164 valence electrons. The van der Waals surface area contributed by atoms with E-state index in [9.17, 15) is 22.8 Å². The van der Waals surface area contributed by atoms with E-state index in [2.05, 4.69) is 15.3 Å². The van der Waals surface area contributed by atoms with Crippen LogP contribution in [0.3, 0.4) is 0 Å². The van der Waals surface area contributed by atoms with Crippen LogP contribution in [-0.4, -0.2) is 19.1 Å². The second-order valence-corrected chi connectivity index (χ2v) is 7.41. The number of anilines is 1. The van der Waals surface area contributed by atoms with E-state index in [1.54, 1.807) is 32.2 Å². The third-order valence-corrected chi connectivity index (χ3v) is 4.63. The number of halogens is 3. The molecule has 7 nitrogen and oxygen atoms in total. The van der Waals surface area contributed by atoms with Crippen molar-refractivity contribution in [1.82, 2.24) is 19.1 Å². The van der Waals surface area contributed by atoms with Crippen LogP contribution in [0.25, 0.3) is 0 Å². The predicted octanol–water partition coefficient (Wildman–Crippen LogP) is 3.37. The Bertz CT molecular complexity index is 1180. The first-order valence-electron chi connectivity index (χ1n) is 9.61. The zero-order valence-electron chi connectivity index (χ0n) is 17.3. The normalized spacial score (nSPS) is 11.7. The van der Waals surface area contributed by atoms with Gasteiger partial charge in [0.15, 0.2) is 0 Å². The van der Waals surface area contributed by atoms with Crippen LogP contribution in [0.4, 0.5) is 19.1 Å². The van der Waals surface area contributed by atoms with E-state index in [1.165, 1.54) is 16.7 Å². The molecule has 0 radical (unpaired) electrons. The SMILES string of the molecule is Cc1ccc(Cn2c(NCc3cccc(C(F)(F)F)c3)nc(=O)n(C(C)C)c2=O)cn1. The van der Waals surface area contributed by atoms with Crippen LogP contribution in [0.15, 0.2) is 52.2 Å². The summed E-state index contributed by atoms with van der Waals surface area (Å²) in [6.45, 7) is 5.26. The van der Waals surface area contributed by atoms with Crippen molar-refractivity contribution in [3.05, 3.63) is 85.9 Å². The van der Waals surface area contributed by atoms with E-state index < -0.39 is 29.2 Å². The summed E-state index contributed by atoms with van der Waals surface area (Å²) >= 11 is 0. The van der Waals surface area contributed by atoms with Crippen molar-refractivity contribution >= 4 is 5.95 Å². The van der Waals surface area contributed by atoms with E-state index in [4.69, 9.17) is 0 Å². The zero-order valence-corrected chi connectivity index (χ0v) is 17.3. The Balaban J connectivity index is 1.98. The van der Waals surface area contributed by atoms with Crippen LogP contribution < -0.4 is 16.7 Å². The van der Waals surface area contributed by atoms with Gasteiger partial charge in [-0.25, -0.2) is 14.2 Å². The van der Waals surface area contributed by atoms with Gasteiger partial charge in [0.25, 0.3) is 0 Å². The summed E-state index contributed by atoms with van der Waals surface area (Å²) in [7, 11) is 0. The van der Waals surface area contributed by atoms with Gasteiger partial charge in [-0.05, 0) is 50.1 Å². The Labute approximate surface area is 176 Å². The number of hydrogen-bond donors (Lipinski definition) is 1. The Kier molecular flexibility index (Phi) is 6.28. The minimum atomic E-state index is -4.47. The number of nitrogens with zero attached hydrogens (tertiary/aromatic N) is 4. The first kappa shape index (κ1) is 22.3. The van der Waals surface area contributed by atoms with Gasteiger partial charge in [0, 0.05) is 24.5 Å². The Morgan fingerprint density at radius 3 is 2.45 bits per heavy atom. The quantitative estimate of drug-likeness (QED) is 0.645. The molecular weight excluding hydrogens is 411 g/mol. The average Bonchev–Trinajstić information content (AvgIpc) is 2.69. The molecule has 2 aromatic heterocycles. The molecule has 0 amide bonds. The molecule has 3 aromatic rings. The fourth-order valence-electron chi connectivity index (χ4n) is 3.04. The van der Waals surface area contributed by atoms with Crippen molar-refractivity contribution in [2.75, 3.05) is 5.32 Å². The highest BCUT2D eigenvalue weighted by molar-refractivity contribution is 5.32. The van der Waals surface area contributed by atoms with Crippen molar-refractivity contribution in [2.24, 2.45) is 0 Å². The number of benzene rings is 1. The molecule has 31 heavy (non-hydrogen) atoms. The number of pyridine rings is 1. The highest BCUT2D eigenvalue weighted by atomic mass is 19.4. The third-order valence-electron chi connectivity index (χ3n) is 4.63. The number of hydrogen-bond acceptors (Lipinski definition) is 5. The van der Waals surface area contributed by atoms with Crippen LogP contribution in [0.2, 0.25) is 0 Å². The Hall–Kier alpha value is -3.43. The molecule has 0 atom stereocenters. The summed E-state index contributed by atoms with van der Waals surface area (Å²) in [5.74, 6) is -0.0233. The molecule has 0 unspecified atom stereocenters. The number of rotatable bonds is 6. The minimum absolute atomic E-state index is 0.0233. The molecule has 0 aliphatic heterocycles. The van der Waals surface area contributed by atoms with Crippen molar-refractivity contribution < 1.29 is 13.2 Å². The zero-order chi connectivity index (χ0) is 22.8. The Morgan fingerprint density at radius 1 is 1.10 bits per heavy atom. The summed E-state index contributed by atoms with van der Waals surface area (Å²) in [6, 6.07) is 7.99. The van der Waals surface area contributed by atoms with Gasteiger partial charge in [-0.15, -0.1) is 0 Å². The fourth-order valence-corrected chi connectivity index (χ4v) is 3.04. The van der Waals surface area contributed by atoms with E-state index in [1.807, 2.05) is 6.92 Å². The molecule has 1 N–H and O–H groups in total. The molecule has 1 aromatic carbocycles. The van der Waals surface area contributed by atoms with Gasteiger partial charge < -0.3 is 5.32 Å². The van der Waals surface area contributed by atoms with E-state index in [-0.39, 0.29) is 19.0 Å². The second-order valence-electron chi connectivity index (χ2n) is 7.41. The van der Waals surface area contributed by atoms with Crippen LogP contribution in [0.5, 0.6) is 0 Å². The second kappa shape index (κ2) is 8.75. The molecule has 0 saturated carbocycles. The first-order chi connectivity index (χ1) is 14.6. The molecular formula is C21H22F3N5O2. The lowest BCUT2D eigenvalue weighted by Crippen LogP contribution is -2.43. The molecule has 2 heterocycles. The number of nitrogens with one attached hydrogen (secondary N) is 1. The average molecular weight is 433 g/mol. The van der Waals surface area contributed by atoms with Crippen LogP contribution in [0, 0.1) is 6.92 Å². The number of aryl methyl sites for hydroxylation is 1. The van der Waals surface area contributed by atoms with Gasteiger partial charge in [0.1, 0.15) is 0 Å². The first-order valence-corrected chi connectivity index (χ1v) is 9.61. The van der Waals surface area contributed by atoms with Gasteiger partial charge in [0.2, 0.25) is 5.95 Å². The van der Waals surface area contributed by atoms with Gasteiger partial charge >= 0.3 is 17.6 Å². The van der Waals surface area contributed by atoms with E-state index in [0.717, 1.165) is 22.4 Å². The maximum absolute atomic E-state index is 13.0. The third kappa shape index (κ3) is 5.19. The van der Waals surface area contributed by atoms with Crippen molar-refractivity contribution in [1.29, 1.82) is 0 Å². The maximum Gasteiger partial charge on any atom is 0.416 e. The molecule has 0 aliphatic rings. The van der Waals surface area contributed by atoms with Crippen LogP contribution >= 0.6 is 0 Å². The lowest BCUT2D eigenvalue weighted by molar-refractivity contribution is -0.137. The lowest BCUT2D eigenvalue weighted by Gasteiger charge is -2.17. The molecule has 3 rings (SSSR count). The lowest BCUT2D eigenvalue weighted by atomic mass is 10.1. The maximum atomic E-state index is 13.0. The summed E-state index contributed by atoms with van der Waals surface area (Å²) in [4.78, 5) is 33.6. The predicted molar refractivity (Wildman–Crippen MR) is 110 cm³/mol. The van der Waals surface area contributed by atoms with Gasteiger partial charge in [-0.1, -0.05) is 18.2 Å². The highest BCUT2D eigenvalue weighted by Crippen LogP contribution is 2.29. The molecule has 0 aliphatic carbocycles. The number of aromatic nitrogens is 4. The molecule has 0 saturated heterocycles. The van der Waals surface area contributed by atoms with Crippen LogP contribution in [0.1, 0.15) is 42.3 Å². The van der Waals surface area contributed by atoms with Gasteiger partial charge in [0.05, 0.1) is 12.1 Å². The minimum Gasteiger partial charge on any atom is -0.351 e. The summed E-state index contributed by atoms with van der Waals surface area (Å²) in [5, 5.41) is 2.84. The summed E-state index contributed by atoms with van der Waals surface area (Å²) in [5.41, 5.74) is -0.222. The van der Waals surface area contributed by atoms with Crippen molar-refractivity contribution in [3.63, 3.8) is 0 Å². The molecule has 0 bridgehead atoms. The molecule has 0 fully saturated rings.